The maximum absolute atomic E-state index is 14.0. The molecular formula is C31H30F2N4O5. The van der Waals surface area contributed by atoms with Crippen molar-refractivity contribution < 1.29 is 32.9 Å². The van der Waals surface area contributed by atoms with Gasteiger partial charge in [0, 0.05) is 49.0 Å². The fourth-order valence-corrected chi connectivity index (χ4v) is 6.34. The van der Waals surface area contributed by atoms with Crippen LogP contribution in [0.4, 0.5) is 8.78 Å². The van der Waals surface area contributed by atoms with Crippen molar-refractivity contribution >= 4 is 17.0 Å². The summed E-state index contributed by atoms with van der Waals surface area (Å²) in [6.45, 7) is 3.73. The van der Waals surface area contributed by atoms with Crippen molar-refractivity contribution in [1.82, 2.24) is 19.4 Å². The number of aromatic carboxylic acids is 1. The molecule has 0 spiro atoms. The van der Waals surface area contributed by atoms with Gasteiger partial charge in [0.05, 0.1) is 37.4 Å². The molecule has 0 bridgehead atoms. The number of ether oxygens (including phenoxy) is 3. The van der Waals surface area contributed by atoms with E-state index in [-0.39, 0.29) is 23.8 Å². The first-order valence-corrected chi connectivity index (χ1v) is 14.1. The van der Waals surface area contributed by atoms with Gasteiger partial charge in [0.1, 0.15) is 35.3 Å². The van der Waals surface area contributed by atoms with Crippen LogP contribution in [0.5, 0.6) is 11.6 Å². The smallest absolute Gasteiger partial charge is 0.335 e. The number of halogens is 2. The van der Waals surface area contributed by atoms with Crippen molar-refractivity contribution in [2.45, 2.75) is 38.1 Å². The molecule has 42 heavy (non-hydrogen) atoms. The number of fused-ring (bicyclic) bond motifs is 2. The first-order valence-electron chi connectivity index (χ1n) is 14.1. The lowest BCUT2D eigenvalue weighted by Gasteiger charge is -2.28. The number of hydrogen-bond donors (Lipinski definition) is 1. The fraction of sp³-hybridized carbons (Fsp3) is 0.387. The lowest BCUT2D eigenvalue weighted by atomic mass is 10.1. The summed E-state index contributed by atoms with van der Waals surface area (Å²) in [4.78, 5) is 23.8. The summed E-state index contributed by atoms with van der Waals surface area (Å²) in [6.07, 6.45) is 1.04. The second-order valence-corrected chi connectivity index (χ2v) is 11.2. The minimum absolute atomic E-state index is 0.0283. The highest BCUT2D eigenvalue weighted by molar-refractivity contribution is 5.95. The van der Waals surface area contributed by atoms with Crippen molar-refractivity contribution in [2.75, 3.05) is 26.8 Å². The van der Waals surface area contributed by atoms with E-state index in [0.717, 1.165) is 49.2 Å². The van der Waals surface area contributed by atoms with E-state index in [1.54, 1.807) is 12.1 Å². The van der Waals surface area contributed by atoms with E-state index in [1.165, 1.54) is 25.3 Å². The van der Waals surface area contributed by atoms with Gasteiger partial charge in [0.15, 0.2) is 0 Å². The zero-order valence-corrected chi connectivity index (χ0v) is 23.0. The molecule has 2 unspecified atom stereocenters. The van der Waals surface area contributed by atoms with E-state index in [4.69, 9.17) is 24.2 Å². The molecule has 1 N–H and O–H groups in total. The summed E-state index contributed by atoms with van der Waals surface area (Å²) in [5, 5.41) is 9.64. The van der Waals surface area contributed by atoms with Gasteiger partial charge in [-0.2, -0.15) is 0 Å². The second kappa shape index (κ2) is 10.6. The van der Waals surface area contributed by atoms with Gasteiger partial charge in [0.25, 0.3) is 0 Å². The van der Waals surface area contributed by atoms with Crippen LogP contribution in [0, 0.1) is 23.5 Å². The molecule has 9 nitrogen and oxygen atoms in total. The molecule has 2 saturated heterocycles. The molecule has 11 heteroatoms. The van der Waals surface area contributed by atoms with Crippen molar-refractivity contribution in [1.29, 1.82) is 0 Å². The molecule has 2 aromatic heterocycles. The highest BCUT2D eigenvalue weighted by atomic mass is 19.1. The van der Waals surface area contributed by atoms with Crippen LogP contribution in [0.3, 0.4) is 0 Å². The van der Waals surface area contributed by atoms with Crippen molar-refractivity contribution in [2.24, 2.45) is 11.8 Å². The lowest BCUT2D eigenvalue weighted by Crippen LogP contribution is -2.33. The first-order chi connectivity index (χ1) is 20.4. The average molecular weight is 577 g/mol. The van der Waals surface area contributed by atoms with Gasteiger partial charge in [-0.15, -0.1) is 0 Å². The molecule has 2 aromatic carbocycles. The van der Waals surface area contributed by atoms with Gasteiger partial charge in [-0.25, -0.2) is 23.5 Å². The molecule has 3 fully saturated rings. The van der Waals surface area contributed by atoms with Gasteiger partial charge < -0.3 is 23.9 Å². The number of aromatic nitrogens is 3. The Balaban J connectivity index is 1.05. The van der Waals surface area contributed by atoms with Crippen molar-refractivity contribution in [3.05, 3.63) is 82.8 Å². The molecule has 2 aliphatic heterocycles. The highest BCUT2D eigenvalue weighted by Crippen LogP contribution is 2.58. The SMILES string of the molecule is COc1cc(C(=O)O)cc2c1nc(CN1C[C@@H]3C(c4cccc(OCc5ccc(F)cc5F)n4)[C@@H]3C1)n2CC1CCO1. The summed E-state index contributed by atoms with van der Waals surface area (Å²) < 4.78 is 46.2. The Morgan fingerprint density at radius 1 is 1.12 bits per heavy atom. The predicted molar refractivity (Wildman–Crippen MR) is 148 cm³/mol. The highest BCUT2D eigenvalue weighted by Gasteiger charge is 2.57. The van der Waals surface area contributed by atoms with E-state index in [2.05, 4.69) is 9.47 Å². The third-order valence-electron chi connectivity index (χ3n) is 8.66. The molecule has 4 heterocycles. The van der Waals surface area contributed by atoms with Crippen molar-refractivity contribution in [3.8, 4) is 11.6 Å². The van der Waals surface area contributed by atoms with E-state index in [9.17, 15) is 18.7 Å². The molecular weight excluding hydrogens is 546 g/mol. The second-order valence-electron chi connectivity index (χ2n) is 11.2. The Morgan fingerprint density at radius 3 is 2.62 bits per heavy atom. The Hall–Kier alpha value is -4.09. The average Bonchev–Trinajstić information content (AvgIpc) is 3.26. The minimum atomic E-state index is -1.01. The summed E-state index contributed by atoms with van der Waals surface area (Å²) in [5.74, 6) is 0.694. The number of rotatable bonds is 10. The normalized spacial score (nSPS) is 23.0. The summed E-state index contributed by atoms with van der Waals surface area (Å²) in [5.41, 5.74) is 2.78. The number of benzene rings is 2. The number of carboxylic acid groups (broad SMARTS) is 1. The van der Waals surface area contributed by atoms with Gasteiger partial charge in [-0.3, -0.25) is 4.90 Å². The topological polar surface area (TPSA) is 98.9 Å². The molecule has 1 aliphatic carbocycles. The first kappa shape index (κ1) is 26.8. The molecule has 0 radical (unpaired) electrons. The number of likely N-dealkylation sites (tertiary alicyclic amines) is 1. The largest absolute Gasteiger partial charge is 0.494 e. The molecule has 4 aromatic rings. The van der Waals surface area contributed by atoms with Gasteiger partial charge in [-0.05, 0) is 48.6 Å². The summed E-state index contributed by atoms with van der Waals surface area (Å²) in [7, 11) is 1.53. The maximum atomic E-state index is 14.0. The number of imidazole rings is 1. The van der Waals surface area contributed by atoms with Crippen LogP contribution >= 0.6 is 0 Å². The molecule has 218 valence electrons. The number of piperidine rings is 1. The van der Waals surface area contributed by atoms with Crippen LogP contribution in [0.15, 0.2) is 48.5 Å². The third kappa shape index (κ3) is 4.96. The van der Waals surface area contributed by atoms with Crippen LogP contribution in [0.25, 0.3) is 11.0 Å². The summed E-state index contributed by atoms with van der Waals surface area (Å²) in [6, 6.07) is 12.3. The Morgan fingerprint density at radius 2 is 1.93 bits per heavy atom. The van der Waals surface area contributed by atoms with Gasteiger partial charge in [0.2, 0.25) is 5.88 Å². The number of hydrogen-bond acceptors (Lipinski definition) is 7. The van der Waals surface area contributed by atoms with Gasteiger partial charge in [-0.1, -0.05) is 6.07 Å². The van der Waals surface area contributed by atoms with E-state index >= 15 is 0 Å². The molecule has 4 atom stereocenters. The van der Waals surface area contributed by atoms with Crippen LogP contribution < -0.4 is 9.47 Å². The quantitative estimate of drug-likeness (QED) is 0.292. The number of carboxylic acids is 1. The molecule has 0 amide bonds. The van der Waals surface area contributed by atoms with Crippen LogP contribution in [0.1, 0.15) is 39.8 Å². The number of carbonyl (C=O) groups is 1. The van der Waals surface area contributed by atoms with Crippen molar-refractivity contribution in [3.63, 3.8) is 0 Å². The van der Waals surface area contributed by atoms with E-state index in [0.29, 0.717) is 48.0 Å². The number of pyridine rings is 1. The number of nitrogens with zero attached hydrogens (tertiary/aromatic N) is 4. The Bertz CT molecular complexity index is 1660. The van der Waals surface area contributed by atoms with Gasteiger partial charge >= 0.3 is 5.97 Å². The van der Waals surface area contributed by atoms with Crippen LogP contribution in [0.2, 0.25) is 0 Å². The third-order valence-corrected chi connectivity index (χ3v) is 8.66. The van der Waals surface area contributed by atoms with Crippen LogP contribution in [-0.2, 0) is 24.4 Å². The zero-order chi connectivity index (χ0) is 29.0. The minimum Gasteiger partial charge on any atom is -0.494 e. The number of methoxy groups -OCH3 is 1. The van der Waals surface area contributed by atoms with Crippen LogP contribution in [-0.4, -0.2) is 63.4 Å². The van der Waals surface area contributed by atoms with E-state index in [1.807, 2.05) is 12.1 Å². The lowest BCUT2D eigenvalue weighted by molar-refractivity contribution is -0.0591. The zero-order valence-electron chi connectivity index (χ0n) is 23.0. The standard InChI is InChI=1S/C31H30F2N4O5/c1-40-26-10-18(31(38)39)9-25-30(26)35-27(37(25)12-20-7-8-41-20)15-36-13-21-22(14-36)29(21)24-3-2-4-28(34-24)42-16-17-5-6-19(32)11-23(17)33/h2-6,9-11,20-22,29H,7-8,12-16H2,1H3,(H,38,39)/t20?,21-,22+,29?. The maximum Gasteiger partial charge on any atom is 0.335 e. The molecule has 3 aliphatic rings. The van der Waals surface area contributed by atoms with E-state index < -0.39 is 17.6 Å². The monoisotopic (exact) mass is 576 g/mol. The molecule has 1 saturated carbocycles. The summed E-state index contributed by atoms with van der Waals surface area (Å²) >= 11 is 0. The Kier molecular flexibility index (Phi) is 6.78. The fourth-order valence-electron chi connectivity index (χ4n) is 6.34. The predicted octanol–water partition coefficient (Wildman–Crippen LogP) is 4.63. The molecule has 7 rings (SSSR count). The Labute approximate surface area is 240 Å².